The monoisotopic (exact) mass is 212 g/mol. The molecule has 7 heteroatoms. The van der Waals surface area contributed by atoms with Crippen molar-refractivity contribution in [3.63, 3.8) is 0 Å². The van der Waals surface area contributed by atoms with Crippen LogP contribution in [0.15, 0.2) is 17.0 Å². The maximum atomic E-state index is 10.5. The van der Waals surface area contributed by atoms with E-state index in [9.17, 15) is 8.42 Å². The van der Waals surface area contributed by atoms with Gasteiger partial charge in [-0.1, -0.05) is 0 Å². The van der Waals surface area contributed by atoms with Crippen molar-refractivity contribution in [2.75, 3.05) is 0 Å². The molecular weight excluding hydrogens is 207 g/mol. The van der Waals surface area contributed by atoms with E-state index in [1.165, 1.54) is 0 Å². The number of hydrogen-bond acceptors (Lipinski definition) is 4. The Hall–Kier alpha value is -0.270. The Morgan fingerprint density at radius 2 is 1.77 bits per heavy atom. The first-order valence-corrected chi connectivity index (χ1v) is 4.27. The van der Waals surface area contributed by atoms with Crippen molar-refractivity contribution in [3.8, 4) is 11.5 Å². The first kappa shape index (κ1) is 12.7. The van der Waals surface area contributed by atoms with Crippen molar-refractivity contribution in [1.82, 2.24) is 0 Å². The summed E-state index contributed by atoms with van der Waals surface area (Å²) in [6, 6.07) is 3.87. The van der Waals surface area contributed by atoms with E-state index in [-0.39, 0.29) is 29.6 Å². The van der Waals surface area contributed by atoms with Crippen LogP contribution in [0, 0.1) is 6.07 Å². The van der Waals surface area contributed by atoms with Gasteiger partial charge in [-0.3, -0.25) is 4.55 Å². The zero-order valence-electron chi connectivity index (χ0n) is 6.72. The maximum Gasteiger partial charge on any atom is 1.00 e. The van der Waals surface area contributed by atoms with Gasteiger partial charge in [0.15, 0.2) is 0 Å². The summed E-state index contributed by atoms with van der Waals surface area (Å²) in [5.74, 6) is -1.13. The van der Waals surface area contributed by atoms with Crippen molar-refractivity contribution in [1.29, 1.82) is 0 Å². The van der Waals surface area contributed by atoms with E-state index < -0.39 is 26.5 Å². The van der Waals surface area contributed by atoms with Gasteiger partial charge >= 0.3 is 29.6 Å². The molecule has 0 spiro atoms. The number of phenols is 2. The number of hydrogen-bond donors (Lipinski definition) is 3. The Morgan fingerprint density at radius 3 is 2.15 bits per heavy atom. The van der Waals surface area contributed by atoms with Crippen molar-refractivity contribution in [3.05, 3.63) is 18.2 Å². The molecular formula is C6H5NaO5S. The van der Waals surface area contributed by atoms with E-state index in [1.807, 2.05) is 6.07 Å². The summed E-state index contributed by atoms with van der Waals surface area (Å²) in [6.45, 7) is 0. The Bertz CT molecular complexity index is 399. The Kier molecular flexibility index (Phi) is 4.21. The first-order chi connectivity index (χ1) is 5.41. The number of rotatable bonds is 1. The predicted octanol–water partition coefficient (Wildman–Crippen LogP) is -2.85. The van der Waals surface area contributed by atoms with Crippen molar-refractivity contribution in [2.45, 2.75) is 4.90 Å². The molecule has 1 aromatic rings. The second-order valence-corrected chi connectivity index (χ2v) is 3.39. The molecule has 0 aliphatic heterocycles. The molecule has 0 aliphatic carbocycles. The minimum Gasteiger partial charge on any atom is -0.564 e. The third kappa shape index (κ3) is 3.17. The van der Waals surface area contributed by atoms with E-state index in [2.05, 4.69) is 0 Å². The molecule has 0 bridgehead atoms. The molecule has 1 aromatic carbocycles. The van der Waals surface area contributed by atoms with E-state index >= 15 is 0 Å². The van der Waals surface area contributed by atoms with Crippen LogP contribution in [0.4, 0.5) is 0 Å². The average molecular weight is 212 g/mol. The molecule has 0 saturated carbocycles. The zero-order valence-corrected chi connectivity index (χ0v) is 9.54. The fraction of sp³-hybridized carbons (Fsp3) is 0. The Labute approximate surface area is 97.1 Å². The van der Waals surface area contributed by atoms with Crippen molar-refractivity contribution < 1.29 is 52.7 Å². The third-order valence-electron chi connectivity index (χ3n) is 1.13. The fourth-order valence-corrected chi connectivity index (χ4v) is 1.22. The van der Waals surface area contributed by atoms with E-state index in [0.717, 1.165) is 12.1 Å². The van der Waals surface area contributed by atoms with Crippen molar-refractivity contribution in [2.24, 2.45) is 0 Å². The smallest absolute Gasteiger partial charge is 0.564 e. The number of phenolic OH excluding ortho intramolecular Hbond substituents is 2. The largest absolute Gasteiger partial charge is 1.00 e. The fourth-order valence-electron chi connectivity index (χ4n) is 0.652. The molecule has 0 radical (unpaired) electrons. The van der Waals surface area contributed by atoms with Crippen LogP contribution in [0.25, 0.3) is 0 Å². The standard InChI is InChI=1S/C6H5O5S.Na/c7-4-1-2-5(8)6(3-4)12(9,10)11;/h1-2,7-8H,(H,9,10,11);/q-1;+1. The number of aromatic hydroxyl groups is 2. The normalized spacial score (nSPS) is 10.5. The molecule has 0 heterocycles. The van der Waals surface area contributed by atoms with E-state index in [4.69, 9.17) is 14.8 Å². The van der Waals surface area contributed by atoms with Gasteiger partial charge in [0.05, 0.1) is 0 Å². The van der Waals surface area contributed by atoms with Gasteiger partial charge in [0.1, 0.15) is 0 Å². The first-order valence-electron chi connectivity index (χ1n) is 2.83. The summed E-state index contributed by atoms with van der Waals surface area (Å²) < 4.78 is 29.4. The van der Waals surface area contributed by atoms with Crippen LogP contribution in [0.2, 0.25) is 0 Å². The SMILES string of the molecule is O=S(=O)(O)c1[c-]c(O)ccc1O.[Na+]. The van der Waals surface area contributed by atoms with Gasteiger partial charge in [-0.2, -0.15) is 8.42 Å². The van der Waals surface area contributed by atoms with Gasteiger partial charge in [-0.05, 0) is 0 Å². The summed E-state index contributed by atoms with van der Waals surface area (Å²) in [6.07, 6.45) is 0. The summed E-state index contributed by atoms with van der Waals surface area (Å²) in [4.78, 5) is -0.831. The summed E-state index contributed by atoms with van der Waals surface area (Å²) >= 11 is 0. The summed E-state index contributed by atoms with van der Waals surface area (Å²) in [5, 5.41) is 17.6. The Morgan fingerprint density at radius 1 is 1.23 bits per heavy atom. The molecule has 5 nitrogen and oxygen atoms in total. The second-order valence-electron chi connectivity index (χ2n) is 2.03. The van der Waals surface area contributed by atoms with E-state index in [1.54, 1.807) is 0 Å². The van der Waals surface area contributed by atoms with Gasteiger partial charge in [0.2, 0.25) is 0 Å². The van der Waals surface area contributed by atoms with Crippen LogP contribution in [0.1, 0.15) is 0 Å². The minimum atomic E-state index is -4.52. The van der Waals surface area contributed by atoms with Crippen LogP contribution in [-0.2, 0) is 10.1 Å². The maximum absolute atomic E-state index is 10.5. The molecule has 0 aromatic heterocycles. The van der Waals surface area contributed by atoms with Crippen LogP contribution in [0.3, 0.4) is 0 Å². The predicted molar refractivity (Wildman–Crippen MR) is 38.4 cm³/mol. The van der Waals surface area contributed by atoms with Gasteiger partial charge in [0.25, 0.3) is 10.1 Å². The average Bonchev–Trinajstić information content (AvgIpc) is 1.92. The molecule has 0 saturated heterocycles. The van der Waals surface area contributed by atoms with Gasteiger partial charge in [-0.25, -0.2) is 0 Å². The summed E-state index contributed by atoms with van der Waals surface area (Å²) in [7, 11) is -4.52. The van der Waals surface area contributed by atoms with Gasteiger partial charge in [-0.15, -0.1) is 18.2 Å². The molecule has 13 heavy (non-hydrogen) atoms. The quantitative estimate of drug-likeness (QED) is 0.201. The zero-order chi connectivity index (χ0) is 9.35. The second kappa shape index (κ2) is 4.30. The van der Waals surface area contributed by atoms with Crippen LogP contribution in [0.5, 0.6) is 11.5 Å². The summed E-state index contributed by atoms with van der Waals surface area (Å²) in [5.41, 5.74) is 0. The molecule has 0 unspecified atom stereocenters. The van der Waals surface area contributed by atoms with Crippen LogP contribution >= 0.6 is 0 Å². The van der Waals surface area contributed by atoms with Gasteiger partial charge < -0.3 is 10.2 Å². The number of benzene rings is 1. The van der Waals surface area contributed by atoms with Crippen LogP contribution < -0.4 is 29.6 Å². The molecule has 0 fully saturated rings. The molecule has 0 aliphatic rings. The molecule has 0 amide bonds. The van der Waals surface area contributed by atoms with Gasteiger partial charge in [0, 0.05) is 16.4 Å². The molecule has 3 N–H and O–H groups in total. The van der Waals surface area contributed by atoms with Crippen molar-refractivity contribution >= 4 is 10.1 Å². The van der Waals surface area contributed by atoms with Crippen LogP contribution in [-0.4, -0.2) is 23.2 Å². The molecule has 66 valence electrons. The third-order valence-corrected chi connectivity index (χ3v) is 1.96. The topological polar surface area (TPSA) is 94.8 Å². The van der Waals surface area contributed by atoms with E-state index in [0.29, 0.717) is 0 Å². The molecule has 0 atom stereocenters. The molecule has 1 rings (SSSR count). The Balaban J connectivity index is 0.00000144. The minimum absolute atomic E-state index is 0.